The fourth-order valence-electron chi connectivity index (χ4n) is 2.98. The van der Waals surface area contributed by atoms with E-state index in [2.05, 4.69) is 20.2 Å². The second-order valence-electron chi connectivity index (χ2n) is 6.46. The van der Waals surface area contributed by atoms with Gasteiger partial charge in [-0.25, -0.2) is 9.97 Å². The van der Waals surface area contributed by atoms with Crippen molar-refractivity contribution in [3.63, 3.8) is 0 Å². The van der Waals surface area contributed by atoms with E-state index in [1.165, 1.54) is 11.8 Å². The van der Waals surface area contributed by atoms with Crippen LogP contribution < -0.4 is 0 Å². The molecule has 140 valence electrons. The monoisotopic (exact) mass is 397 g/mol. The Morgan fingerprint density at radius 1 is 0.862 bits per heavy atom. The highest BCUT2D eigenvalue weighted by molar-refractivity contribution is 7.99. The van der Waals surface area contributed by atoms with Crippen LogP contribution in [0.25, 0.3) is 33.7 Å². The normalized spacial score (nSPS) is 11.1. The molecule has 3 heterocycles. The summed E-state index contributed by atoms with van der Waals surface area (Å²) < 4.78 is 5.89. The molecule has 0 saturated carbocycles. The van der Waals surface area contributed by atoms with Crippen LogP contribution in [0.15, 0.2) is 87.7 Å². The van der Waals surface area contributed by atoms with E-state index in [-0.39, 0.29) is 0 Å². The molecule has 29 heavy (non-hydrogen) atoms. The van der Waals surface area contributed by atoms with E-state index in [1.807, 2.05) is 67.6 Å². The number of hydrogen-bond donors (Lipinski definition) is 0. The van der Waals surface area contributed by atoms with Gasteiger partial charge in [0.2, 0.25) is 5.89 Å². The highest BCUT2D eigenvalue weighted by Gasteiger charge is 2.15. The smallest absolute Gasteiger partial charge is 0.283 e. The van der Waals surface area contributed by atoms with Crippen molar-refractivity contribution in [2.45, 2.75) is 17.2 Å². The van der Waals surface area contributed by atoms with Crippen LogP contribution in [0.3, 0.4) is 0 Å². The molecule has 5 rings (SSSR count). The maximum atomic E-state index is 5.89. The second kappa shape index (κ2) is 7.44. The van der Waals surface area contributed by atoms with E-state index in [4.69, 9.17) is 9.40 Å². The summed E-state index contributed by atoms with van der Waals surface area (Å²) in [5.74, 6) is 1.10. The minimum absolute atomic E-state index is 0.433. The number of rotatable bonds is 4. The summed E-state index contributed by atoms with van der Waals surface area (Å²) in [6.07, 6.45) is 3.48. The van der Waals surface area contributed by atoms with Gasteiger partial charge in [-0.1, -0.05) is 35.9 Å². The van der Waals surface area contributed by atoms with Crippen LogP contribution in [0.4, 0.5) is 0 Å². The number of fused-ring (bicyclic) bond motifs is 1. The van der Waals surface area contributed by atoms with Crippen LogP contribution in [0, 0.1) is 6.92 Å². The van der Waals surface area contributed by atoms with Crippen LogP contribution in [0.5, 0.6) is 0 Å². The Hall–Kier alpha value is -3.58. The largest absolute Gasteiger partial charge is 0.411 e. The average molecular weight is 397 g/mol. The van der Waals surface area contributed by atoms with Crippen LogP contribution in [0.1, 0.15) is 5.56 Å². The molecule has 0 aliphatic carbocycles. The van der Waals surface area contributed by atoms with Gasteiger partial charge < -0.3 is 4.42 Å². The first kappa shape index (κ1) is 17.5. The van der Waals surface area contributed by atoms with Gasteiger partial charge in [0, 0.05) is 28.9 Å². The van der Waals surface area contributed by atoms with E-state index in [0.29, 0.717) is 16.9 Å². The molecular formula is C22H15N5OS. The van der Waals surface area contributed by atoms with Gasteiger partial charge in [-0.3, -0.25) is 4.98 Å². The molecule has 0 fully saturated rings. The van der Waals surface area contributed by atoms with Crippen LogP contribution in [-0.4, -0.2) is 25.1 Å². The van der Waals surface area contributed by atoms with Crippen molar-refractivity contribution in [1.29, 1.82) is 0 Å². The average Bonchev–Trinajstić information content (AvgIpc) is 3.23. The molecule has 3 aromatic heterocycles. The van der Waals surface area contributed by atoms with Crippen LogP contribution in [-0.2, 0) is 0 Å². The molecule has 0 atom stereocenters. The summed E-state index contributed by atoms with van der Waals surface area (Å²) in [4.78, 5) is 13.6. The predicted octanol–water partition coefficient (Wildman–Crippen LogP) is 5.20. The van der Waals surface area contributed by atoms with E-state index in [0.717, 1.165) is 32.6 Å². The summed E-state index contributed by atoms with van der Waals surface area (Å²) in [6.45, 7) is 2.03. The Kier molecular flexibility index (Phi) is 4.50. The maximum Gasteiger partial charge on any atom is 0.283 e. The Morgan fingerprint density at radius 2 is 1.76 bits per heavy atom. The zero-order valence-corrected chi connectivity index (χ0v) is 16.3. The zero-order chi connectivity index (χ0) is 19.6. The molecule has 2 aromatic carbocycles. The standard InChI is InChI=1S/C22H15N5OS/c1-14-6-4-7-15(12-14)20-26-27-22(28-20)29-21-17-9-2-3-10-18(17)24-19(25-21)16-8-5-11-23-13-16/h2-13H,1H3. The lowest BCUT2D eigenvalue weighted by Gasteiger charge is -2.06. The van der Waals surface area contributed by atoms with Crippen molar-refractivity contribution in [3.05, 3.63) is 78.6 Å². The number of para-hydroxylation sites is 1. The van der Waals surface area contributed by atoms with Gasteiger partial charge in [-0.2, -0.15) is 0 Å². The van der Waals surface area contributed by atoms with Crippen molar-refractivity contribution in [2.75, 3.05) is 0 Å². The summed E-state index contributed by atoms with van der Waals surface area (Å²) >= 11 is 1.33. The number of hydrogen-bond acceptors (Lipinski definition) is 7. The zero-order valence-electron chi connectivity index (χ0n) is 15.5. The molecule has 7 heteroatoms. The van der Waals surface area contributed by atoms with Crippen LogP contribution >= 0.6 is 11.8 Å². The molecule has 0 N–H and O–H groups in total. The molecule has 0 aliphatic rings. The Labute approximate surface area is 171 Å². The van der Waals surface area contributed by atoms with Crippen LogP contribution in [0.2, 0.25) is 0 Å². The molecular weight excluding hydrogens is 382 g/mol. The second-order valence-corrected chi connectivity index (χ2v) is 7.40. The number of pyridine rings is 1. The number of nitrogens with zero attached hydrogens (tertiary/aromatic N) is 5. The Balaban J connectivity index is 1.55. The molecule has 6 nitrogen and oxygen atoms in total. The minimum atomic E-state index is 0.433. The van der Waals surface area contributed by atoms with Gasteiger partial charge in [0.1, 0.15) is 5.03 Å². The van der Waals surface area contributed by atoms with Crippen molar-refractivity contribution >= 4 is 22.7 Å². The maximum absolute atomic E-state index is 5.89. The fourth-order valence-corrected chi connectivity index (χ4v) is 3.76. The van der Waals surface area contributed by atoms with E-state index >= 15 is 0 Å². The molecule has 0 bridgehead atoms. The first-order chi connectivity index (χ1) is 14.3. The third-order valence-electron chi connectivity index (χ3n) is 4.34. The quantitative estimate of drug-likeness (QED) is 0.386. The van der Waals surface area contributed by atoms with Gasteiger partial charge in [0.15, 0.2) is 5.82 Å². The molecule has 5 aromatic rings. The van der Waals surface area contributed by atoms with Gasteiger partial charge in [-0.15, -0.1) is 10.2 Å². The lowest BCUT2D eigenvalue weighted by molar-refractivity contribution is 0.465. The van der Waals surface area contributed by atoms with E-state index in [9.17, 15) is 0 Å². The SMILES string of the molecule is Cc1cccc(-c2nnc(Sc3nc(-c4cccnc4)nc4ccccc34)o2)c1. The molecule has 0 aliphatic heterocycles. The van der Waals surface area contributed by atoms with Crippen molar-refractivity contribution in [2.24, 2.45) is 0 Å². The lowest BCUT2D eigenvalue weighted by atomic mass is 10.1. The van der Waals surface area contributed by atoms with Gasteiger partial charge in [0.05, 0.1) is 5.52 Å². The van der Waals surface area contributed by atoms with Gasteiger partial charge >= 0.3 is 0 Å². The molecule has 0 saturated heterocycles. The van der Waals surface area contributed by atoms with Crippen molar-refractivity contribution < 1.29 is 4.42 Å². The first-order valence-electron chi connectivity index (χ1n) is 9.02. The Morgan fingerprint density at radius 3 is 2.62 bits per heavy atom. The summed E-state index contributed by atoms with van der Waals surface area (Å²) in [5.41, 5.74) is 3.74. The highest BCUT2D eigenvalue weighted by atomic mass is 32.2. The first-order valence-corrected chi connectivity index (χ1v) is 9.83. The third-order valence-corrected chi connectivity index (χ3v) is 5.19. The van der Waals surface area contributed by atoms with Gasteiger partial charge in [0.25, 0.3) is 5.22 Å². The van der Waals surface area contributed by atoms with E-state index < -0.39 is 0 Å². The number of benzene rings is 2. The lowest BCUT2D eigenvalue weighted by Crippen LogP contribution is -1.94. The topological polar surface area (TPSA) is 77.6 Å². The predicted molar refractivity (Wildman–Crippen MR) is 111 cm³/mol. The highest BCUT2D eigenvalue weighted by Crippen LogP contribution is 2.33. The molecule has 0 unspecified atom stereocenters. The summed E-state index contributed by atoms with van der Waals surface area (Å²) in [6, 6.07) is 19.7. The number of aryl methyl sites for hydroxylation is 1. The molecule has 0 amide bonds. The van der Waals surface area contributed by atoms with Gasteiger partial charge in [-0.05, 0) is 49.0 Å². The molecule has 0 radical (unpaired) electrons. The third kappa shape index (κ3) is 3.60. The Bertz CT molecular complexity index is 1300. The fraction of sp³-hybridized carbons (Fsp3) is 0.0455. The van der Waals surface area contributed by atoms with E-state index in [1.54, 1.807) is 12.4 Å². The summed E-state index contributed by atoms with van der Waals surface area (Å²) in [7, 11) is 0. The minimum Gasteiger partial charge on any atom is -0.411 e. The van der Waals surface area contributed by atoms with Crippen molar-refractivity contribution in [1.82, 2.24) is 25.1 Å². The number of aromatic nitrogens is 5. The molecule has 0 spiro atoms. The summed E-state index contributed by atoms with van der Waals surface area (Å²) in [5, 5.41) is 10.5. The van der Waals surface area contributed by atoms with Crippen molar-refractivity contribution in [3.8, 4) is 22.8 Å².